The largest absolute Gasteiger partial charge is 0.341 e. The molecule has 132 valence electrons. The zero-order valence-electron chi connectivity index (χ0n) is 14.1. The molecular formula is C18H23N5O2. The van der Waals surface area contributed by atoms with Gasteiger partial charge in [0.25, 0.3) is 0 Å². The van der Waals surface area contributed by atoms with Gasteiger partial charge in [0, 0.05) is 38.3 Å². The summed E-state index contributed by atoms with van der Waals surface area (Å²) in [7, 11) is 0. The number of benzene rings is 1. The van der Waals surface area contributed by atoms with Gasteiger partial charge < -0.3 is 10.2 Å². The Balaban J connectivity index is 1.45. The lowest BCUT2D eigenvalue weighted by Gasteiger charge is -2.20. The zero-order chi connectivity index (χ0) is 17.5. The summed E-state index contributed by atoms with van der Waals surface area (Å²) in [6.45, 7) is 1.76. The van der Waals surface area contributed by atoms with Crippen molar-refractivity contribution in [1.82, 2.24) is 20.0 Å². The predicted octanol–water partition coefficient (Wildman–Crippen LogP) is 2.40. The fourth-order valence-corrected chi connectivity index (χ4v) is 2.86. The third-order valence-corrected chi connectivity index (χ3v) is 4.19. The van der Waals surface area contributed by atoms with E-state index in [1.54, 1.807) is 16.9 Å². The number of carbonyl (C=O) groups excluding carboxylic acids is 2. The maximum absolute atomic E-state index is 12.0. The quantitative estimate of drug-likeness (QED) is 0.876. The Morgan fingerprint density at radius 1 is 1.12 bits per heavy atom. The summed E-state index contributed by atoms with van der Waals surface area (Å²) in [5.41, 5.74) is 0.927. The lowest BCUT2D eigenvalue weighted by Crippen LogP contribution is -2.39. The second kappa shape index (κ2) is 8.32. The summed E-state index contributed by atoms with van der Waals surface area (Å²) in [4.78, 5) is 25.7. The van der Waals surface area contributed by atoms with E-state index in [0.29, 0.717) is 25.3 Å². The molecule has 0 spiro atoms. The summed E-state index contributed by atoms with van der Waals surface area (Å²) < 4.78 is 1.70. The van der Waals surface area contributed by atoms with Crippen molar-refractivity contribution in [3.05, 3.63) is 42.6 Å². The molecule has 2 aromatic rings. The van der Waals surface area contributed by atoms with E-state index in [-0.39, 0.29) is 11.9 Å². The maximum atomic E-state index is 12.0. The van der Waals surface area contributed by atoms with Gasteiger partial charge in [-0.1, -0.05) is 24.6 Å². The molecule has 1 aliphatic heterocycles. The van der Waals surface area contributed by atoms with Crippen LogP contribution < -0.4 is 10.6 Å². The first-order chi connectivity index (χ1) is 12.2. The normalized spacial score (nSPS) is 14.9. The first kappa shape index (κ1) is 17.0. The topological polar surface area (TPSA) is 79.3 Å². The molecule has 0 aliphatic carbocycles. The summed E-state index contributed by atoms with van der Waals surface area (Å²) in [5.74, 6) is 0.661. The van der Waals surface area contributed by atoms with E-state index >= 15 is 0 Å². The Hall–Kier alpha value is -2.83. The summed E-state index contributed by atoms with van der Waals surface area (Å²) in [5, 5.41) is 9.81. The number of amides is 3. The fraction of sp³-hybridized carbons (Fsp3) is 0.389. The Morgan fingerprint density at radius 3 is 2.80 bits per heavy atom. The van der Waals surface area contributed by atoms with Crippen molar-refractivity contribution in [2.75, 3.05) is 25.0 Å². The number of carbonyl (C=O) groups is 2. The maximum Gasteiger partial charge on any atom is 0.320 e. The van der Waals surface area contributed by atoms with E-state index in [9.17, 15) is 9.59 Å². The summed E-state index contributed by atoms with van der Waals surface area (Å²) >= 11 is 0. The third kappa shape index (κ3) is 4.82. The first-order valence-electron chi connectivity index (χ1n) is 8.66. The van der Waals surface area contributed by atoms with Gasteiger partial charge in [0.15, 0.2) is 5.82 Å². The highest BCUT2D eigenvalue weighted by atomic mass is 16.2. The van der Waals surface area contributed by atoms with Crippen molar-refractivity contribution >= 4 is 17.8 Å². The molecule has 1 fully saturated rings. The van der Waals surface area contributed by atoms with Crippen LogP contribution in [0.1, 0.15) is 25.7 Å². The van der Waals surface area contributed by atoms with Crippen LogP contribution in [-0.2, 0) is 4.79 Å². The summed E-state index contributed by atoms with van der Waals surface area (Å²) in [6, 6.07) is 11.1. The lowest BCUT2D eigenvalue weighted by molar-refractivity contribution is -0.130. The molecule has 0 radical (unpaired) electrons. The Bertz CT molecular complexity index is 713. The highest BCUT2D eigenvalue weighted by Gasteiger charge is 2.16. The van der Waals surface area contributed by atoms with Gasteiger partial charge in [0.2, 0.25) is 5.91 Å². The van der Waals surface area contributed by atoms with E-state index in [4.69, 9.17) is 0 Å². The van der Waals surface area contributed by atoms with Gasteiger partial charge in [-0.2, -0.15) is 0 Å². The van der Waals surface area contributed by atoms with Crippen LogP contribution in [0.4, 0.5) is 10.6 Å². The van der Waals surface area contributed by atoms with Crippen LogP contribution in [-0.4, -0.2) is 46.3 Å². The zero-order valence-corrected chi connectivity index (χ0v) is 14.1. The van der Waals surface area contributed by atoms with Gasteiger partial charge in [-0.25, -0.2) is 9.48 Å². The molecular weight excluding hydrogens is 318 g/mol. The van der Waals surface area contributed by atoms with Crippen LogP contribution in [0.25, 0.3) is 5.69 Å². The molecule has 1 saturated heterocycles. The van der Waals surface area contributed by atoms with Crippen molar-refractivity contribution < 1.29 is 9.59 Å². The smallest absolute Gasteiger partial charge is 0.320 e. The molecule has 1 aromatic heterocycles. The second-order valence-electron chi connectivity index (χ2n) is 6.05. The Labute approximate surface area is 147 Å². The standard InChI is InChI=1S/C18H23N5O2/c24-17-9-5-2-6-12-22(17)14-11-19-18(25)20-16-10-13-23(21-16)15-7-3-1-4-8-15/h1,3-4,7-8,10,13H,2,5-6,9,11-12,14H2,(H2,19,20,21,25). The molecule has 1 aliphatic rings. The highest BCUT2D eigenvalue weighted by molar-refractivity contribution is 5.88. The van der Waals surface area contributed by atoms with Gasteiger partial charge >= 0.3 is 6.03 Å². The average molecular weight is 341 g/mol. The molecule has 2 heterocycles. The van der Waals surface area contributed by atoms with E-state index in [2.05, 4.69) is 15.7 Å². The van der Waals surface area contributed by atoms with Gasteiger partial charge in [0.1, 0.15) is 0 Å². The lowest BCUT2D eigenvalue weighted by atomic mass is 10.2. The van der Waals surface area contributed by atoms with Crippen LogP contribution in [0.3, 0.4) is 0 Å². The van der Waals surface area contributed by atoms with Crippen molar-refractivity contribution in [3.8, 4) is 5.69 Å². The number of anilines is 1. The molecule has 1 aromatic carbocycles. The van der Waals surface area contributed by atoms with E-state index in [1.807, 2.05) is 35.2 Å². The van der Waals surface area contributed by atoms with Crippen molar-refractivity contribution in [2.24, 2.45) is 0 Å². The van der Waals surface area contributed by atoms with Gasteiger partial charge in [-0.3, -0.25) is 10.1 Å². The predicted molar refractivity (Wildman–Crippen MR) is 95.6 cm³/mol. The van der Waals surface area contributed by atoms with Gasteiger partial charge in [-0.05, 0) is 25.0 Å². The number of urea groups is 1. The Kier molecular flexibility index (Phi) is 5.66. The molecule has 0 unspecified atom stereocenters. The monoisotopic (exact) mass is 341 g/mol. The molecule has 3 amide bonds. The van der Waals surface area contributed by atoms with E-state index in [1.165, 1.54) is 0 Å². The number of nitrogens with zero attached hydrogens (tertiary/aromatic N) is 3. The molecule has 0 atom stereocenters. The van der Waals surface area contributed by atoms with Crippen LogP contribution in [0.15, 0.2) is 42.6 Å². The van der Waals surface area contributed by atoms with Gasteiger partial charge in [-0.15, -0.1) is 5.10 Å². The number of hydrogen-bond acceptors (Lipinski definition) is 3. The van der Waals surface area contributed by atoms with Crippen LogP contribution in [0.2, 0.25) is 0 Å². The number of likely N-dealkylation sites (tertiary alicyclic amines) is 1. The minimum Gasteiger partial charge on any atom is -0.341 e. The van der Waals surface area contributed by atoms with Crippen molar-refractivity contribution in [2.45, 2.75) is 25.7 Å². The first-order valence-corrected chi connectivity index (χ1v) is 8.66. The van der Waals surface area contributed by atoms with Crippen molar-refractivity contribution in [3.63, 3.8) is 0 Å². The van der Waals surface area contributed by atoms with E-state index in [0.717, 1.165) is 31.5 Å². The fourth-order valence-electron chi connectivity index (χ4n) is 2.86. The number of rotatable bonds is 5. The number of hydrogen-bond donors (Lipinski definition) is 2. The second-order valence-corrected chi connectivity index (χ2v) is 6.05. The highest BCUT2D eigenvalue weighted by Crippen LogP contribution is 2.11. The number of aromatic nitrogens is 2. The molecule has 7 heteroatoms. The molecule has 3 rings (SSSR count). The molecule has 25 heavy (non-hydrogen) atoms. The SMILES string of the molecule is O=C(NCCN1CCCCCC1=O)Nc1ccn(-c2ccccc2)n1. The Morgan fingerprint density at radius 2 is 1.96 bits per heavy atom. The molecule has 2 N–H and O–H groups in total. The number of nitrogens with one attached hydrogen (secondary N) is 2. The van der Waals surface area contributed by atoms with Gasteiger partial charge in [0.05, 0.1) is 5.69 Å². The van der Waals surface area contributed by atoms with E-state index < -0.39 is 0 Å². The average Bonchev–Trinajstić information content (AvgIpc) is 2.99. The third-order valence-electron chi connectivity index (χ3n) is 4.19. The minimum atomic E-state index is -0.319. The van der Waals surface area contributed by atoms with Crippen LogP contribution in [0, 0.1) is 0 Å². The number of para-hydroxylation sites is 1. The molecule has 0 saturated carbocycles. The molecule has 0 bridgehead atoms. The minimum absolute atomic E-state index is 0.182. The van der Waals surface area contributed by atoms with Crippen molar-refractivity contribution in [1.29, 1.82) is 0 Å². The van der Waals surface area contributed by atoms with Crippen LogP contribution >= 0.6 is 0 Å². The molecule has 7 nitrogen and oxygen atoms in total. The van der Waals surface area contributed by atoms with Crippen LogP contribution in [0.5, 0.6) is 0 Å². The summed E-state index contributed by atoms with van der Waals surface area (Å²) in [6.07, 6.45) is 5.51.